The molecule has 0 bridgehead atoms. The minimum absolute atomic E-state index is 0.101. The van der Waals surface area contributed by atoms with Crippen LogP contribution in [-0.2, 0) is 11.8 Å². The number of amides is 1. The number of hydrogen-bond acceptors (Lipinski definition) is 7. The first kappa shape index (κ1) is 28.2. The number of rotatable bonds is 4. The number of anilines is 2. The van der Waals surface area contributed by atoms with Crippen LogP contribution in [0.15, 0.2) is 48.9 Å². The Balaban J connectivity index is 1.46. The molecule has 5 rings (SSSR count). The first-order valence-corrected chi connectivity index (χ1v) is 11.9. The Kier molecular flexibility index (Phi) is 6.60. The highest BCUT2D eigenvalue weighted by atomic mass is 16.5. The van der Waals surface area contributed by atoms with E-state index in [0.29, 0.717) is 11.2 Å². The lowest BCUT2D eigenvalue weighted by atomic mass is 9.30. The lowest BCUT2D eigenvalue weighted by Gasteiger charge is -2.70. The van der Waals surface area contributed by atoms with Gasteiger partial charge in [0.05, 0.1) is 54.5 Å². The van der Waals surface area contributed by atoms with Gasteiger partial charge in [0.15, 0.2) is 0 Å². The van der Waals surface area contributed by atoms with E-state index in [1.54, 1.807) is 18.5 Å². The predicted octanol–water partition coefficient (Wildman–Crippen LogP) is -1.21. The first-order chi connectivity index (χ1) is 18.5. The fourth-order valence-corrected chi connectivity index (χ4v) is 4.32. The molecule has 5 heterocycles. The van der Waals surface area contributed by atoms with Gasteiger partial charge in [-0.1, -0.05) is 0 Å². The van der Waals surface area contributed by atoms with Gasteiger partial charge >= 0.3 is 0 Å². The number of pyridine rings is 3. The lowest BCUT2D eigenvalue weighted by Crippen LogP contribution is -2.86. The van der Waals surface area contributed by atoms with Crippen molar-refractivity contribution in [3.8, 4) is 11.4 Å². The number of fused-ring (bicyclic) bond motifs is 1. The van der Waals surface area contributed by atoms with E-state index >= 15 is 0 Å². The number of carbonyl (C=O) groups excluding carboxylic acids is 1. The van der Waals surface area contributed by atoms with Gasteiger partial charge in [-0.25, -0.2) is 19.9 Å². The third-order valence-electron chi connectivity index (χ3n) is 6.86. The number of hydrogen-bond donors (Lipinski definition) is 1. The largest absolute Gasteiger partial charge is 0.405 e. The van der Waals surface area contributed by atoms with Gasteiger partial charge in [0.25, 0.3) is 5.91 Å². The molecule has 1 aliphatic heterocycles. The summed E-state index contributed by atoms with van der Waals surface area (Å²) in [6.07, 6.45) is 4.64. The van der Waals surface area contributed by atoms with Crippen molar-refractivity contribution in [2.45, 2.75) is 28.4 Å². The van der Waals surface area contributed by atoms with E-state index in [-0.39, 0.29) is 17.2 Å². The van der Waals surface area contributed by atoms with Gasteiger partial charge in [0.2, 0.25) is 0 Å². The lowest BCUT2D eigenvalue weighted by molar-refractivity contribution is -0.0256. The highest BCUT2D eigenvalue weighted by Gasteiger charge is 2.57. The Morgan fingerprint density at radius 3 is 2.20 bits per heavy atom. The van der Waals surface area contributed by atoms with Crippen molar-refractivity contribution in [2.24, 2.45) is 7.05 Å². The van der Waals surface area contributed by atoms with Crippen molar-refractivity contribution in [1.29, 1.82) is 0 Å². The Morgan fingerprint density at radius 2 is 1.57 bits per heavy atom. The van der Waals surface area contributed by atoms with Crippen LogP contribution in [-0.4, -0.2) is 115 Å². The quantitative estimate of drug-likeness (QED) is 0.346. The van der Waals surface area contributed by atoms with Crippen molar-refractivity contribution in [1.82, 2.24) is 24.5 Å². The molecule has 1 N–H and O–H groups in total. The molecule has 16 radical (unpaired) electrons. The van der Waals surface area contributed by atoms with Crippen LogP contribution in [0.5, 0.6) is 0 Å². The maximum Gasteiger partial charge on any atom is 0.257 e. The summed E-state index contributed by atoms with van der Waals surface area (Å²) in [5.41, 5.74) is 2.28. The van der Waals surface area contributed by atoms with Crippen LogP contribution in [0, 0.1) is 6.92 Å². The summed E-state index contributed by atoms with van der Waals surface area (Å²) in [6, 6.07) is 8.15. The van der Waals surface area contributed by atoms with E-state index in [9.17, 15) is 4.79 Å². The molecule has 0 saturated carbocycles. The Hall–Kier alpha value is -3.33. The number of nitrogens with one attached hydrogen (secondary N) is 1. The van der Waals surface area contributed by atoms with Crippen LogP contribution in [0.4, 0.5) is 11.6 Å². The van der Waals surface area contributed by atoms with Gasteiger partial charge in [0, 0.05) is 36.5 Å². The van der Waals surface area contributed by atoms with Crippen LogP contribution in [0.1, 0.15) is 16.2 Å². The standard InChI is InChI=1S/C23H15B8N7O2/c1-11-33-10-16(37(11)2)14-4-3-13-9-34-17(8-15(13)35-14)36-19(39)12-5-6-32-18(7-12)38-20(24,25)22(28,29)40-23(30,31)21(38,26)27/h3-10H,1-2H3,(H,34,36,39). The summed E-state index contributed by atoms with van der Waals surface area (Å²) in [4.78, 5) is 31.6. The molecule has 178 valence electrons. The van der Waals surface area contributed by atoms with E-state index in [2.05, 4.69) is 20.3 Å². The van der Waals surface area contributed by atoms with Crippen LogP contribution in [0.25, 0.3) is 22.3 Å². The Morgan fingerprint density at radius 1 is 0.900 bits per heavy atom. The second-order valence-electron chi connectivity index (χ2n) is 9.74. The summed E-state index contributed by atoms with van der Waals surface area (Å²) in [6.45, 7) is 1.90. The zero-order valence-corrected chi connectivity index (χ0v) is 21.7. The summed E-state index contributed by atoms with van der Waals surface area (Å²) in [5.74, 6) is 0.442. The van der Waals surface area contributed by atoms with Crippen LogP contribution < -0.4 is 10.2 Å². The van der Waals surface area contributed by atoms with Crippen LogP contribution >= 0.6 is 0 Å². The fourth-order valence-electron chi connectivity index (χ4n) is 4.32. The van der Waals surface area contributed by atoms with Gasteiger partial charge in [-0.3, -0.25) is 4.79 Å². The SMILES string of the molecule is [B]C1([B])OC([B])([B])C([B])([B])N(c2cc(C(=O)Nc3cc4nc(-c5cnc(C)n5C)ccc4cn3)ccn2)C1([B])[B]. The van der Waals surface area contributed by atoms with Crippen molar-refractivity contribution in [3.63, 3.8) is 0 Å². The summed E-state index contributed by atoms with van der Waals surface area (Å²) < 4.78 is 7.15. The number of carbonyl (C=O) groups is 1. The van der Waals surface area contributed by atoms with Crippen LogP contribution in [0.2, 0.25) is 0 Å². The molecule has 0 atom stereocenters. The third kappa shape index (κ3) is 4.48. The van der Waals surface area contributed by atoms with E-state index < -0.39 is 27.4 Å². The summed E-state index contributed by atoms with van der Waals surface area (Å²) in [5, 5.41) is -5.68. The summed E-state index contributed by atoms with van der Waals surface area (Å²) >= 11 is 0. The van der Waals surface area contributed by atoms with Crippen molar-refractivity contribution in [2.75, 3.05) is 10.2 Å². The average Bonchev–Trinajstić information content (AvgIpc) is 3.20. The van der Waals surface area contributed by atoms with Gasteiger partial charge < -0.3 is 19.5 Å². The molecule has 1 fully saturated rings. The average molecular weight is 508 g/mol. The van der Waals surface area contributed by atoms with Gasteiger partial charge in [-0.05, 0) is 52.7 Å². The molecule has 9 nitrogen and oxygen atoms in total. The fraction of sp³-hybridized carbons (Fsp3) is 0.261. The zero-order chi connectivity index (χ0) is 29.3. The number of morpholine rings is 1. The number of ether oxygens (including phenoxy) is 1. The van der Waals surface area contributed by atoms with Crippen molar-refractivity contribution < 1.29 is 9.53 Å². The summed E-state index contributed by atoms with van der Waals surface area (Å²) in [7, 11) is 50.5. The highest BCUT2D eigenvalue weighted by molar-refractivity contribution is 6.61. The zero-order valence-electron chi connectivity index (χ0n) is 21.7. The number of aryl methyl sites for hydroxylation is 1. The van der Waals surface area contributed by atoms with E-state index in [4.69, 9.17) is 72.5 Å². The molecule has 0 aromatic carbocycles. The molecule has 1 saturated heterocycles. The highest BCUT2D eigenvalue weighted by Crippen LogP contribution is 2.42. The molecule has 1 amide bonds. The third-order valence-corrected chi connectivity index (χ3v) is 6.86. The van der Waals surface area contributed by atoms with E-state index in [1.165, 1.54) is 18.3 Å². The Labute approximate surface area is 242 Å². The minimum Gasteiger partial charge on any atom is -0.405 e. The minimum atomic E-state index is -2.33. The van der Waals surface area contributed by atoms with Crippen LogP contribution in [0.3, 0.4) is 0 Å². The molecule has 4 aromatic rings. The topological polar surface area (TPSA) is 98.1 Å². The van der Waals surface area contributed by atoms with Gasteiger partial charge in [-0.2, -0.15) is 0 Å². The molecule has 40 heavy (non-hydrogen) atoms. The molecular formula is C23H15B8N7O2. The first-order valence-electron chi connectivity index (χ1n) is 11.9. The maximum absolute atomic E-state index is 13.2. The number of imidazole rings is 1. The van der Waals surface area contributed by atoms with E-state index in [1.807, 2.05) is 30.7 Å². The maximum atomic E-state index is 13.2. The van der Waals surface area contributed by atoms with Gasteiger partial charge in [-0.15, -0.1) is 0 Å². The second kappa shape index (κ2) is 9.36. The normalized spacial score (nSPS) is 18.8. The molecular weight excluding hydrogens is 493 g/mol. The molecule has 0 unspecified atom stereocenters. The van der Waals surface area contributed by atoms with Crippen molar-refractivity contribution in [3.05, 3.63) is 60.3 Å². The molecule has 4 aromatic heterocycles. The van der Waals surface area contributed by atoms with Crippen molar-refractivity contribution >= 4 is 91.2 Å². The Bertz CT molecular complexity index is 1620. The molecule has 0 spiro atoms. The van der Waals surface area contributed by atoms with E-state index in [0.717, 1.165) is 21.8 Å². The second-order valence-corrected chi connectivity index (χ2v) is 9.74. The van der Waals surface area contributed by atoms with Gasteiger partial charge in [0.1, 0.15) is 48.8 Å². The number of aromatic nitrogens is 5. The molecule has 0 aliphatic carbocycles. The number of nitrogens with zero attached hydrogens (tertiary/aromatic N) is 6. The molecule has 17 heteroatoms. The monoisotopic (exact) mass is 509 g/mol. The predicted molar refractivity (Wildman–Crippen MR) is 159 cm³/mol. The smallest absolute Gasteiger partial charge is 0.257 e. The molecule has 1 aliphatic rings.